The zero-order valence-electron chi connectivity index (χ0n) is 12.6. The van der Waals surface area contributed by atoms with E-state index in [0.717, 1.165) is 44.8 Å². The Morgan fingerprint density at radius 1 is 1.33 bits per heavy atom. The molecule has 0 bridgehead atoms. The Kier molecular flexibility index (Phi) is 4.60. The molecule has 0 unspecified atom stereocenters. The van der Waals surface area contributed by atoms with Crippen molar-refractivity contribution in [2.75, 3.05) is 26.3 Å². The highest BCUT2D eigenvalue weighted by Gasteiger charge is 2.41. The van der Waals surface area contributed by atoms with Gasteiger partial charge in [0.15, 0.2) is 0 Å². The normalized spacial score (nSPS) is 22.3. The molecule has 21 heavy (non-hydrogen) atoms. The van der Waals surface area contributed by atoms with Crippen LogP contribution in [-0.4, -0.2) is 47.6 Å². The second-order valence-electron chi connectivity index (χ2n) is 6.18. The number of ether oxygens (including phenoxy) is 1. The van der Waals surface area contributed by atoms with E-state index in [-0.39, 0.29) is 11.4 Å². The Bertz CT molecular complexity index is 446. The summed E-state index contributed by atoms with van der Waals surface area (Å²) in [7, 11) is 0. The maximum Gasteiger partial charge on any atom is 0.222 e. The summed E-state index contributed by atoms with van der Waals surface area (Å²) in [6.45, 7) is 4.11. The van der Waals surface area contributed by atoms with Crippen LogP contribution in [-0.2, 0) is 16.1 Å². The third-order valence-corrected chi connectivity index (χ3v) is 4.84. The number of morpholine rings is 1. The predicted molar refractivity (Wildman–Crippen MR) is 80.8 cm³/mol. The molecule has 2 fully saturated rings. The van der Waals surface area contributed by atoms with Gasteiger partial charge in [-0.1, -0.05) is 12.8 Å². The van der Waals surface area contributed by atoms with Crippen molar-refractivity contribution in [3.63, 3.8) is 0 Å². The summed E-state index contributed by atoms with van der Waals surface area (Å²) in [5.41, 5.74) is 1.12. The number of rotatable bonds is 5. The molecule has 0 radical (unpaired) electrons. The molecule has 1 amide bonds. The molecule has 0 atom stereocenters. The maximum atomic E-state index is 12.4. The number of amides is 1. The molecular formula is C16H25N3O2. The van der Waals surface area contributed by atoms with Crippen LogP contribution in [0.4, 0.5) is 0 Å². The zero-order valence-corrected chi connectivity index (χ0v) is 12.6. The van der Waals surface area contributed by atoms with E-state index in [1.807, 2.05) is 18.3 Å². The molecule has 0 spiro atoms. The van der Waals surface area contributed by atoms with E-state index in [9.17, 15) is 4.79 Å². The zero-order chi connectivity index (χ0) is 14.5. The highest BCUT2D eigenvalue weighted by atomic mass is 16.5. The fraction of sp³-hybridized carbons (Fsp3) is 0.688. The smallest absolute Gasteiger partial charge is 0.222 e. The lowest BCUT2D eigenvalue weighted by molar-refractivity contribution is -0.125. The molecule has 2 heterocycles. The predicted octanol–water partition coefficient (Wildman–Crippen LogP) is 1.67. The topological polar surface area (TPSA) is 57.4 Å². The van der Waals surface area contributed by atoms with Gasteiger partial charge in [-0.3, -0.25) is 9.69 Å². The first-order valence-corrected chi connectivity index (χ1v) is 8.00. The third kappa shape index (κ3) is 3.47. The Balaban J connectivity index is 1.57. The average molecular weight is 291 g/mol. The summed E-state index contributed by atoms with van der Waals surface area (Å²) in [5.74, 6) is 0.165. The monoisotopic (exact) mass is 291 g/mol. The fourth-order valence-electron chi connectivity index (χ4n) is 3.71. The van der Waals surface area contributed by atoms with Crippen LogP contribution < -0.4 is 5.32 Å². The summed E-state index contributed by atoms with van der Waals surface area (Å²) in [6, 6.07) is 3.95. The van der Waals surface area contributed by atoms with Crippen molar-refractivity contribution in [2.24, 2.45) is 0 Å². The van der Waals surface area contributed by atoms with Crippen molar-refractivity contribution >= 4 is 5.91 Å². The standard InChI is InChI=1S/C16H25N3O2/c20-15(18-13-14-4-3-7-17-14)12-16(5-1-2-6-16)19-8-10-21-11-9-19/h3-4,7,17H,1-2,5-6,8-13H2,(H,18,20). The Morgan fingerprint density at radius 3 is 2.76 bits per heavy atom. The Labute approximate surface area is 126 Å². The summed E-state index contributed by atoms with van der Waals surface area (Å²) in [4.78, 5) is 18.0. The minimum Gasteiger partial charge on any atom is -0.379 e. The van der Waals surface area contributed by atoms with Gasteiger partial charge < -0.3 is 15.0 Å². The summed E-state index contributed by atoms with van der Waals surface area (Å²) >= 11 is 0. The second-order valence-corrected chi connectivity index (χ2v) is 6.18. The van der Waals surface area contributed by atoms with Crippen LogP contribution in [0.3, 0.4) is 0 Å². The van der Waals surface area contributed by atoms with Crippen LogP contribution >= 0.6 is 0 Å². The van der Waals surface area contributed by atoms with Gasteiger partial charge in [0.2, 0.25) is 5.91 Å². The van der Waals surface area contributed by atoms with Crippen molar-refractivity contribution in [1.82, 2.24) is 15.2 Å². The van der Waals surface area contributed by atoms with Gasteiger partial charge >= 0.3 is 0 Å². The lowest BCUT2D eigenvalue weighted by Crippen LogP contribution is -2.53. The van der Waals surface area contributed by atoms with Gasteiger partial charge in [-0.25, -0.2) is 0 Å². The molecule has 1 aliphatic heterocycles. The summed E-state index contributed by atoms with van der Waals surface area (Å²) < 4.78 is 5.46. The number of hydrogen-bond acceptors (Lipinski definition) is 3. The second kappa shape index (κ2) is 6.62. The van der Waals surface area contributed by atoms with Gasteiger partial charge in [-0.2, -0.15) is 0 Å². The number of nitrogens with one attached hydrogen (secondary N) is 2. The van der Waals surface area contributed by atoms with Crippen molar-refractivity contribution < 1.29 is 9.53 Å². The van der Waals surface area contributed by atoms with Crippen LogP contribution in [0, 0.1) is 0 Å². The average Bonchev–Trinajstić information content (AvgIpc) is 3.18. The summed E-state index contributed by atoms with van der Waals surface area (Å²) in [5, 5.41) is 3.05. The number of nitrogens with zero attached hydrogens (tertiary/aromatic N) is 1. The summed E-state index contributed by atoms with van der Waals surface area (Å²) in [6.07, 6.45) is 7.26. The van der Waals surface area contributed by atoms with Gasteiger partial charge in [0.05, 0.1) is 19.8 Å². The van der Waals surface area contributed by atoms with E-state index in [1.54, 1.807) is 0 Å². The van der Waals surface area contributed by atoms with E-state index >= 15 is 0 Å². The third-order valence-electron chi connectivity index (χ3n) is 4.84. The van der Waals surface area contributed by atoms with Crippen molar-refractivity contribution in [3.05, 3.63) is 24.0 Å². The molecule has 5 nitrogen and oxygen atoms in total. The molecule has 116 valence electrons. The van der Waals surface area contributed by atoms with Crippen LogP contribution in [0.1, 0.15) is 37.8 Å². The lowest BCUT2D eigenvalue weighted by atomic mass is 9.90. The van der Waals surface area contributed by atoms with Gasteiger partial charge in [-0.05, 0) is 25.0 Å². The molecule has 5 heteroatoms. The number of aromatic nitrogens is 1. The maximum absolute atomic E-state index is 12.4. The van der Waals surface area contributed by atoms with Crippen molar-refractivity contribution in [2.45, 2.75) is 44.2 Å². The first kappa shape index (κ1) is 14.6. The highest BCUT2D eigenvalue weighted by molar-refractivity contribution is 5.77. The van der Waals surface area contributed by atoms with Crippen molar-refractivity contribution in [1.29, 1.82) is 0 Å². The van der Waals surface area contributed by atoms with Crippen molar-refractivity contribution in [3.8, 4) is 0 Å². The lowest BCUT2D eigenvalue weighted by Gasteiger charge is -2.43. The number of hydrogen-bond donors (Lipinski definition) is 2. The Hall–Kier alpha value is -1.33. The number of aromatic amines is 1. The number of carbonyl (C=O) groups excluding carboxylic acids is 1. The molecule has 1 aromatic rings. The minimum atomic E-state index is 0.0730. The van der Waals surface area contributed by atoms with Gasteiger partial charge in [0, 0.05) is 36.9 Å². The number of H-pyrrole nitrogens is 1. The first-order valence-electron chi connectivity index (χ1n) is 8.00. The molecule has 1 saturated carbocycles. The van der Waals surface area contributed by atoms with E-state index in [2.05, 4.69) is 15.2 Å². The molecule has 2 N–H and O–H groups in total. The molecular weight excluding hydrogens is 266 g/mol. The molecule has 1 aromatic heterocycles. The first-order chi connectivity index (χ1) is 10.3. The van der Waals surface area contributed by atoms with Gasteiger partial charge in [-0.15, -0.1) is 0 Å². The SMILES string of the molecule is O=C(CC1(N2CCOCC2)CCCC1)NCc1ccc[nH]1. The van der Waals surface area contributed by atoms with E-state index in [1.165, 1.54) is 12.8 Å². The van der Waals surface area contributed by atoms with Crippen LogP contribution in [0.2, 0.25) is 0 Å². The largest absolute Gasteiger partial charge is 0.379 e. The van der Waals surface area contributed by atoms with E-state index < -0.39 is 0 Å². The Morgan fingerprint density at radius 2 is 2.10 bits per heavy atom. The molecule has 0 aromatic carbocycles. The number of carbonyl (C=O) groups is 1. The molecule has 1 aliphatic carbocycles. The van der Waals surface area contributed by atoms with E-state index in [4.69, 9.17) is 4.74 Å². The van der Waals surface area contributed by atoms with E-state index in [0.29, 0.717) is 13.0 Å². The van der Waals surface area contributed by atoms with Crippen LogP contribution in [0.25, 0.3) is 0 Å². The molecule has 3 rings (SSSR count). The van der Waals surface area contributed by atoms with Crippen LogP contribution in [0.15, 0.2) is 18.3 Å². The fourth-order valence-corrected chi connectivity index (χ4v) is 3.71. The highest BCUT2D eigenvalue weighted by Crippen LogP contribution is 2.38. The quantitative estimate of drug-likeness (QED) is 0.867. The van der Waals surface area contributed by atoms with Gasteiger partial charge in [0.1, 0.15) is 0 Å². The minimum absolute atomic E-state index is 0.0730. The molecule has 1 saturated heterocycles. The molecule has 2 aliphatic rings. The van der Waals surface area contributed by atoms with Crippen LogP contribution in [0.5, 0.6) is 0 Å². The van der Waals surface area contributed by atoms with Gasteiger partial charge in [0.25, 0.3) is 0 Å².